The van der Waals surface area contributed by atoms with Gasteiger partial charge in [-0.25, -0.2) is 4.57 Å². The smallest absolute Gasteiger partial charge is 0.462 e. The van der Waals surface area contributed by atoms with E-state index in [1.165, 1.54) is 25.7 Å². The number of allylic oxidation sites excluding steroid dienone is 15. The van der Waals surface area contributed by atoms with Crippen LogP contribution in [-0.2, 0) is 32.7 Å². The summed E-state index contributed by atoms with van der Waals surface area (Å²) in [6.07, 6.45) is 48.4. The van der Waals surface area contributed by atoms with Crippen molar-refractivity contribution < 1.29 is 52.9 Å². The number of hydrogen-bond donors (Lipinski definition) is 4. The number of esters is 2. The van der Waals surface area contributed by atoms with Gasteiger partial charge < -0.3 is 29.7 Å². The molecule has 1 unspecified atom stereocenters. The first kappa shape index (κ1) is 56.9. The molecule has 0 aromatic rings. The van der Waals surface area contributed by atoms with E-state index < -0.39 is 57.9 Å². The molecule has 0 bridgehead atoms. The number of aliphatic hydroxyl groups excluding tert-OH is 3. The summed E-state index contributed by atoms with van der Waals surface area (Å²) in [6, 6.07) is 0. The molecule has 0 aromatic heterocycles. The number of ether oxygens (including phenoxy) is 2. The molecule has 342 valence electrons. The third kappa shape index (κ3) is 41.6. The molecule has 0 aliphatic rings. The van der Waals surface area contributed by atoms with E-state index in [0.717, 1.165) is 77.0 Å². The summed E-state index contributed by atoms with van der Waals surface area (Å²) >= 11 is 0. The Bertz CT molecular complexity index is 1330. The maximum absolute atomic E-state index is 12.6. The second-order valence-electron chi connectivity index (χ2n) is 14.6. The highest BCUT2D eigenvalue weighted by Gasteiger charge is 2.27. The van der Waals surface area contributed by atoms with Crippen LogP contribution < -0.4 is 0 Å². The molecule has 4 atom stereocenters. The van der Waals surface area contributed by atoms with Crippen LogP contribution in [0.15, 0.2) is 97.2 Å². The molecule has 4 N–H and O–H groups in total. The minimum absolute atomic E-state index is 0.120. The minimum atomic E-state index is -4.66. The number of carbonyl (C=O) groups is 2. The fourth-order valence-electron chi connectivity index (χ4n) is 5.31. The Kier molecular flexibility index (Phi) is 40.3. The first-order chi connectivity index (χ1) is 29.1. The molecule has 0 fully saturated rings. The largest absolute Gasteiger partial charge is 0.472 e. The molecule has 0 radical (unpaired) electrons. The number of phosphoric ester groups is 1. The number of aliphatic hydroxyl groups is 3. The normalized spacial score (nSPS) is 15.2. The monoisotopic (exact) mass is 863 g/mol. The summed E-state index contributed by atoms with van der Waals surface area (Å²) in [7, 11) is -4.66. The van der Waals surface area contributed by atoms with Crippen molar-refractivity contribution in [3.8, 4) is 0 Å². The van der Waals surface area contributed by atoms with Gasteiger partial charge in [0.15, 0.2) is 6.10 Å². The predicted molar refractivity (Wildman–Crippen MR) is 243 cm³/mol. The zero-order chi connectivity index (χ0) is 44.2. The van der Waals surface area contributed by atoms with Crippen LogP contribution in [0.2, 0.25) is 0 Å². The third-order valence-corrected chi connectivity index (χ3v) is 9.77. The number of hydrogen-bond acceptors (Lipinski definition) is 10. The SMILES string of the molecule is CCCCC/C=C\C/C=C\C/C=C\C/C=C\CCCCCC(=O)O[C@H](COC(=O)CCC/C=C\C/C=C\C/C=C\C=C\[C@H](O)CCCCC)COP(=O)(O)OC[C@@H](O)CO. The predicted octanol–water partition coefficient (Wildman–Crippen LogP) is 11.0. The van der Waals surface area contributed by atoms with Crippen molar-refractivity contribution in [2.24, 2.45) is 0 Å². The van der Waals surface area contributed by atoms with Gasteiger partial charge in [-0.3, -0.25) is 18.6 Å². The van der Waals surface area contributed by atoms with E-state index in [2.05, 4.69) is 79.1 Å². The van der Waals surface area contributed by atoms with Crippen LogP contribution in [-0.4, -0.2) is 76.9 Å². The van der Waals surface area contributed by atoms with Gasteiger partial charge in [-0.15, -0.1) is 0 Å². The van der Waals surface area contributed by atoms with Gasteiger partial charge in [-0.2, -0.15) is 0 Å². The van der Waals surface area contributed by atoms with Gasteiger partial charge in [0.1, 0.15) is 12.7 Å². The highest BCUT2D eigenvalue weighted by atomic mass is 31.2. The minimum Gasteiger partial charge on any atom is -0.462 e. The number of phosphoric acid groups is 1. The van der Waals surface area contributed by atoms with Gasteiger partial charge in [0.05, 0.1) is 25.9 Å². The van der Waals surface area contributed by atoms with Crippen LogP contribution in [0.5, 0.6) is 0 Å². The highest BCUT2D eigenvalue weighted by molar-refractivity contribution is 7.47. The van der Waals surface area contributed by atoms with Gasteiger partial charge in [0.25, 0.3) is 0 Å². The van der Waals surface area contributed by atoms with Gasteiger partial charge in [-0.05, 0) is 83.5 Å². The van der Waals surface area contributed by atoms with Gasteiger partial charge in [0.2, 0.25) is 0 Å². The van der Waals surface area contributed by atoms with Crippen molar-refractivity contribution in [1.82, 2.24) is 0 Å². The fourth-order valence-corrected chi connectivity index (χ4v) is 6.10. The Morgan fingerprint density at radius 3 is 1.65 bits per heavy atom. The lowest BCUT2D eigenvalue weighted by atomic mass is 10.1. The first-order valence-electron chi connectivity index (χ1n) is 22.3. The van der Waals surface area contributed by atoms with Crippen molar-refractivity contribution in [2.45, 2.75) is 167 Å². The Morgan fingerprint density at radius 2 is 1.07 bits per heavy atom. The van der Waals surface area contributed by atoms with Crippen LogP contribution in [0, 0.1) is 0 Å². The topological polar surface area (TPSA) is 169 Å². The summed E-state index contributed by atoms with van der Waals surface area (Å²) in [6.45, 7) is 2.09. The molecule has 12 heteroatoms. The average molecular weight is 863 g/mol. The molecule has 60 heavy (non-hydrogen) atoms. The Labute approximate surface area is 362 Å². The van der Waals surface area contributed by atoms with E-state index >= 15 is 0 Å². The van der Waals surface area contributed by atoms with E-state index in [1.54, 1.807) is 0 Å². The summed E-state index contributed by atoms with van der Waals surface area (Å²) in [5.74, 6) is -1.06. The summed E-state index contributed by atoms with van der Waals surface area (Å²) in [4.78, 5) is 35.0. The number of unbranched alkanes of at least 4 members (excludes halogenated alkanes) is 9. The van der Waals surface area contributed by atoms with E-state index in [4.69, 9.17) is 19.1 Å². The molecule has 0 rings (SSSR count). The molecular weight excluding hydrogens is 783 g/mol. The van der Waals surface area contributed by atoms with Crippen molar-refractivity contribution in [3.63, 3.8) is 0 Å². The molecule has 0 heterocycles. The maximum atomic E-state index is 12.6. The third-order valence-electron chi connectivity index (χ3n) is 8.82. The number of rotatable bonds is 40. The zero-order valence-electron chi connectivity index (χ0n) is 36.7. The Hall–Kier alpha value is -3.15. The molecule has 0 aliphatic carbocycles. The van der Waals surface area contributed by atoms with Gasteiger partial charge in [0, 0.05) is 12.8 Å². The molecule has 0 saturated heterocycles. The lowest BCUT2D eigenvalue weighted by molar-refractivity contribution is -0.161. The van der Waals surface area contributed by atoms with Crippen LogP contribution in [0.1, 0.15) is 149 Å². The van der Waals surface area contributed by atoms with Crippen molar-refractivity contribution in [2.75, 3.05) is 26.4 Å². The molecule has 11 nitrogen and oxygen atoms in total. The molecule has 0 amide bonds. The fraction of sp³-hybridized carbons (Fsp3) is 0.625. The zero-order valence-corrected chi connectivity index (χ0v) is 37.6. The average Bonchev–Trinajstić information content (AvgIpc) is 3.23. The van der Waals surface area contributed by atoms with Crippen molar-refractivity contribution in [3.05, 3.63) is 97.2 Å². The van der Waals surface area contributed by atoms with E-state index in [1.807, 2.05) is 36.5 Å². The maximum Gasteiger partial charge on any atom is 0.472 e. The van der Waals surface area contributed by atoms with Crippen molar-refractivity contribution in [1.29, 1.82) is 0 Å². The first-order valence-corrected chi connectivity index (χ1v) is 23.8. The summed E-state index contributed by atoms with van der Waals surface area (Å²) in [5.41, 5.74) is 0. The second kappa shape index (κ2) is 42.5. The van der Waals surface area contributed by atoms with Crippen LogP contribution >= 0.6 is 7.82 Å². The molecule has 0 aromatic carbocycles. The molecule has 0 saturated carbocycles. The van der Waals surface area contributed by atoms with Gasteiger partial charge in [-0.1, -0.05) is 150 Å². The lowest BCUT2D eigenvalue weighted by Gasteiger charge is -2.20. The second-order valence-corrected chi connectivity index (χ2v) is 16.0. The van der Waals surface area contributed by atoms with E-state index in [9.17, 15) is 29.3 Å². The quantitative estimate of drug-likeness (QED) is 0.0152. The Balaban J connectivity index is 4.50. The van der Waals surface area contributed by atoms with Gasteiger partial charge >= 0.3 is 19.8 Å². The molecule has 0 aliphatic heterocycles. The highest BCUT2D eigenvalue weighted by Crippen LogP contribution is 2.43. The standard InChI is InChI=1S/C48H79O11P/c1-3-5-7-8-9-10-11-12-13-14-15-16-17-18-21-25-28-31-35-39-48(53)59-46(43-58-60(54,55)57-41-45(51)40-49)42-56-47(52)38-34-30-27-24-22-19-20-23-26-29-33-37-44(50)36-32-6-4-2/h9-10,12-13,15-16,18-21,24,26-27,29,33,37,44-46,49-51H,3-8,11,14,17,22-23,25,28,30-32,34-36,38-43H2,1-2H3,(H,54,55)/b10-9-,13-12-,16-15-,20-19-,21-18-,27-24-,29-26-,37-33+/t44-,45+,46-/m1/s1. The van der Waals surface area contributed by atoms with Crippen LogP contribution in [0.3, 0.4) is 0 Å². The van der Waals surface area contributed by atoms with Crippen molar-refractivity contribution >= 4 is 19.8 Å². The Morgan fingerprint density at radius 1 is 0.567 bits per heavy atom. The number of carbonyl (C=O) groups excluding carboxylic acids is 2. The van der Waals surface area contributed by atoms with E-state index in [-0.39, 0.29) is 19.4 Å². The summed E-state index contributed by atoms with van der Waals surface area (Å²) in [5, 5.41) is 28.2. The van der Waals surface area contributed by atoms with Crippen LogP contribution in [0.4, 0.5) is 0 Å². The molecule has 0 spiro atoms. The van der Waals surface area contributed by atoms with E-state index in [0.29, 0.717) is 19.3 Å². The lowest BCUT2D eigenvalue weighted by Crippen LogP contribution is -2.29. The molecular formula is C48H79O11P. The summed E-state index contributed by atoms with van der Waals surface area (Å²) < 4.78 is 32.6. The van der Waals surface area contributed by atoms with Crippen LogP contribution in [0.25, 0.3) is 0 Å².